The number of rotatable bonds is 4. The molecular weight excluding hydrogens is 232 g/mol. The second kappa shape index (κ2) is 4.87. The third kappa shape index (κ3) is 2.65. The second-order valence-corrected chi connectivity index (χ2v) is 4.01. The van der Waals surface area contributed by atoms with Gasteiger partial charge < -0.3 is 15.1 Å². The highest BCUT2D eigenvalue weighted by atomic mass is 16.3. The molecule has 2 heterocycles. The van der Waals surface area contributed by atoms with Gasteiger partial charge >= 0.3 is 0 Å². The molecule has 0 spiro atoms. The molecule has 18 heavy (non-hydrogen) atoms. The van der Waals surface area contributed by atoms with Crippen molar-refractivity contribution in [1.29, 1.82) is 0 Å². The fourth-order valence-electron chi connectivity index (χ4n) is 1.55. The summed E-state index contributed by atoms with van der Waals surface area (Å²) in [6.45, 7) is 2.48. The van der Waals surface area contributed by atoms with E-state index in [-0.39, 0.29) is 5.69 Å². The lowest BCUT2D eigenvalue weighted by molar-refractivity contribution is 0.0994. The van der Waals surface area contributed by atoms with E-state index in [9.17, 15) is 4.79 Å². The van der Waals surface area contributed by atoms with Crippen LogP contribution < -0.4 is 10.6 Å². The largest absolute Gasteiger partial charge is 0.464 e. The van der Waals surface area contributed by atoms with Gasteiger partial charge in [-0.05, 0) is 31.2 Å². The van der Waals surface area contributed by atoms with Crippen molar-refractivity contribution in [1.82, 2.24) is 10.2 Å². The van der Waals surface area contributed by atoms with Gasteiger partial charge in [-0.3, -0.25) is 4.79 Å². The van der Waals surface area contributed by atoms with Crippen LogP contribution in [-0.2, 0) is 6.54 Å². The van der Waals surface area contributed by atoms with Gasteiger partial charge in [0.05, 0.1) is 6.54 Å². The van der Waals surface area contributed by atoms with Crippen LogP contribution in [0, 0.1) is 6.92 Å². The van der Waals surface area contributed by atoms with Crippen LogP contribution in [0.5, 0.6) is 0 Å². The Balaban J connectivity index is 2.09. The normalized spacial score (nSPS) is 10.3. The smallest absolute Gasteiger partial charge is 0.269 e. The van der Waals surface area contributed by atoms with E-state index in [2.05, 4.69) is 10.2 Å². The zero-order chi connectivity index (χ0) is 13.1. The maximum absolute atomic E-state index is 10.9. The molecule has 0 aliphatic carbocycles. The summed E-state index contributed by atoms with van der Waals surface area (Å²) in [5.74, 6) is 1.77. The van der Waals surface area contributed by atoms with Crippen LogP contribution in [0.25, 0.3) is 0 Å². The first-order valence-corrected chi connectivity index (χ1v) is 5.46. The molecule has 2 N–H and O–H groups in total. The summed E-state index contributed by atoms with van der Waals surface area (Å²) >= 11 is 0. The summed E-state index contributed by atoms with van der Waals surface area (Å²) < 4.78 is 5.47. The number of nitrogens with two attached hydrogens (primary N) is 1. The highest BCUT2D eigenvalue weighted by Gasteiger charge is 2.08. The van der Waals surface area contributed by atoms with Crippen LogP contribution in [0.2, 0.25) is 0 Å². The summed E-state index contributed by atoms with van der Waals surface area (Å²) in [4.78, 5) is 12.7. The first-order valence-electron chi connectivity index (χ1n) is 5.46. The molecular formula is C12H14N4O2. The standard InChI is InChI=1S/C12H14N4O2/c1-8-3-4-9(18-8)7-16(2)11-6-5-10(12(13)17)14-15-11/h3-6H,7H2,1-2H3,(H2,13,17). The number of nitrogens with zero attached hydrogens (tertiary/aromatic N) is 3. The molecule has 0 aliphatic rings. The molecule has 2 rings (SSSR count). The zero-order valence-corrected chi connectivity index (χ0v) is 10.3. The molecule has 0 saturated carbocycles. The highest BCUT2D eigenvalue weighted by molar-refractivity contribution is 5.90. The van der Waals surface area contributed by atoms with Gasteiger partial charge in [-0.1, -0.05) is 0 Å². The lowest BCUT2D eigenvalue weighted by atomic mass is 10.3. The summed E-state index contributed by atoms with van der Waals surface area (Å²) in [5.41, 5.74) is 5.25. The minimum Gasteiger partial charge on any atom is -0.464 e. The first kappa shape index (κ1) is 12.1. The molecule has 0 radical (unpaired) electrons. The number of aryl methyl sites for hydroxylation is 1. The lowest BCUT2D eigenvalue weighted by Gasteiger charge is -2.15. The first-order chi connectivity index (χ1) is 8.56. The van der Waals surface area contributed by atoms with E-state index < -0.39 is 5.91 Å². The van der Waals surface area contributed by atoms with Crippen LogP contribution in [0.4, 0.5) is 5.82 Å². The predicted octanol–water partition coefficient (Wildman–Crippen LogP) is 1.11. The fraction of sp³-hybridized carbons (Fsp3) is 0.250. The number of furan rings is 1. The molecule has 0 aromatic carbocycles. The van der Waals surface area contributed by atoms with Crippen molar-refractivity contribution in [3.8, 4) is 0 Å². The van der Waals surface area contributed by atoms with Crippen LogP contribution in [0.1, 0.15) is 22.0 Å². The predicted molar refractivity (Wildman–Crippen MR) is 66.1 cm³/mol. The molecule has 0 bridgehead atoms. The maximum Gasteiger partial charge on any atom is 0.269 e. The maximum atomic E-state index is 10.9. The SMILES string of the molecule is Cc1ccc(CN(C)c2ccc(C(N)=O)nn2)o1. The number of anilines is 1. The molecule has 1 amide bonds. The van der Waals surface area contributed by atoms with Crippen molar-refractivity contribution in [3.05, 3.63) is 41.5 Å². The van der Waals surface area contributed by atoms with E-state index in [4.69, 9.17) is 10.2 Å². The minimum absolute atomic E-state index is 0.154. The Bertz CT molecular complexity index is 547. The third-order valence-electron chi connectivity index (χ3n) is 2.48. The van der Waals surface area contributed by atoms with Crippen molar-refractivity contribution in [3.63, 3.8) is 0 Å². The Morgan fingerprint density at radius 3 is 2.61 bits per heavy atom. The number of carbonyl (C=O) groups excluding carboxylic acids is 1. The van der Waals surface area contributed by atoms with Crippen molar-refractivity contribution < 1.29 is 9.21 Å². The molecule has 0 saturated heterocycles. The van der Waals surface area contributed by atoms with E-state index in [0.717, 1.165) is 11.5 Å². The topological polar surface area (TPSA) is 85.2 Å². The summed E-state index contributed by atoms with van der Waals surface area (Å²) in [6, 6.07) is 7.07. The average molecular weight is 246 g/mol. The number of primary amides is 1. The van der Waals surface area contributed by atoms with Gasteiger partial charge in [0.1, 0.15) is 11.5 Å². The second-order valence-electron chi connectivity index (χ2n) is 4.01. The molecule has 0 fully saturated rings. The Morgan fingerprint density at radius 2 is 2.11 bits per heavy atom. The number of amides is 1. The van der Waals surface area contributed by atoms with Crippen LogP contribution in [0.15, 0.2) is 28.7 Å². The minimum atomic E-state index is -0.585. The van der Waals surface area contributed by atoms with Gasteiger partial charge in [0.15, 0.2) is 11.5 Å². The zero-order valence-electron chi connectivity index (χ0n) is 10.3. The number of aromatic nitrogens is 2. The summed E-state index contributed by atoms with van der Waals surface area (Å²) in [5, 5.41) is 7.69. The van der Waals surface area contributed by atoms with Gasteiger partial charge in [-0.15, -0.1) is 10.2 Å². The van der Waals surface area contributed by atoms with Crippen LogP contribution in [0.3, 0.4) is 0 Å². The van der Waals surface area contributed by atoms with Gasteiger partial charge in [-0.2, -0.15) is 0 Å². The Labute approximate surface area is 104 Å². The van der Waals surface area contributed by atoms with Crippen LogP contribution >= 0.6 is 0 Å². The van der Waals surface area contributed by atoms with E-state index in [1.807, 2.05) is 31.0 Å². The number of carbonyl (C=O) groups is 1. The molecule has 0 unspecified atom stereocenters. The van der Waals surface area contributed by atoms with E-state index in [1.165, 1.54) is 0 Å². The van der Waals surface area contributed by atoms with Crippen molar-refractivity contribution in [2.24, 2.45) is 5.73 Å². The Kier molecular flexibility index (Phi) is 3.27. The Hall–Kier alpha value is -2.37. The molecule has 2 aromatic heterocycles. The van der Waals surface area contributed by atoms with Crippen molar-refractivity contribution in [2.45, 2.75) is 13.5 Å². The summed E-state index contributed by atoms with van der Waals surface area (Å²) in [6.07, 6.45) is 0. The van der Waals surface area contributed by atoms with Gasteiger partial charge in [-0.25, -0.2) is 0 Å². The van der Waals surface area contributed by atoms with E-state index >= 15 is 0 Å². The molecule has 6 nitrogen and oxygen atoms in total. The third-order valence-corrected chi connectivity index (χ3v) is 2.48. The van der Waals surface area contributed by atoms with Crippen molar-refractivity contribution >= 4 is 11.7 Å². The van der Waals surface area contributed by atoms with Crippen LogP contribution in [-0.4, -0.2) is 23.2 Å². The molecule has 94 valence electrons. The number of hydrogen-bond donors (Lipinski definition) is 1. The van der Waals surface area contributed by atoms with Crippen molar-refractivity contribution in [2.75, 3.05) is 11.9 Å². The summed E-state index contributed by atoms with van der Waals surface area (Å²) in [7, 11) is 1.87. The van der Waals surface area contributed by atoms with Gasteiger partial charge in [0.25, 0.3) is 5.91 Å². The highest BCUT2D eigenvalue weighted by Crippen LogP contribution is 2.13. The fourth-order valence-corrected chi connectivity index (χ4v) is 1.55. The molecule has 2 aromatic rings. The molecule has 0 aliphatic heterocycles. The van der Waals surface area contributed by atoms with E-state index in [0.29, 0.717) is 12.4 Å². The molecule has 6 heteroatoms. The monoisotopic (exact) mass is 246 g/mol. The average Bonchev–Trinajstić information content (AvgIpc) is 2.75. The number of hydrogen-bond acceptors (Lipinski definition) is 5. The lowest BCUT2D eigenvalue weighted by Crippen LogP contribution is -2.19. The molecule has 0 atom stereocenters. The quantitative estimate of drug-likeness (QED) is 0.873. The van der Waals surface area contributed by atoms with Gasteiger partial charge in [0, 0.05) is 7.05 Å². The van der Waals surface area contributed by atoms with E-state index in [1.54, 1.807) is 12.1 Å². The Morgan fingerprint density at radius 1 is 1.33 bits per heavy atom. The van der Waals surface area contributed by atoms with Gasteiger partial charge in [0.2, 0.25) is 0 Å².